The Balaban J connectivity index is 3.24. The maximum absolute atomic E-state index is 13.4. The summed E-state index contributed by atoms with van der Waals surface area (Å²) in [6.07, 6.45) is -9.58. The van der Waals surface area contributed by atoms with Gasteiger partial charge in [-0.1, -0.05) is 0 Å². The summed E-state index contributed by atoms with van der Waals surface area (Å²) in [6, 6.07) is 0.418. The van der Waals surface area contributed by atoms with Crippen molar-refractivity contribution in [3.05, 3.63) is 23.1 Å². The van der Waals surface area contributed by atoms with Crippen molar-refractivity contribution in [2.45, 2.75) is 19.2 Å². The Hall–Kier alpha value is -2.00. The average Bonchev–Trinajstić information content (AvgIpc) is 2.25. The summed E-state index contributed by atoms with van der Waals surface area (Å²) in [6.45, 7) is 0. The first-order valence-corrected chi connectivity index (χ1v) is 4.94. The second-order valence-corrected chi connectivity index (χ2v) is 3.42. The summed E-state index contributed by atoms with van der Waals surface area (Å²) in [5.41, 5.74) is -2.16. The minimum atomic E-state index is -5.33. The molecule has 0 aliphatic carbocycles. The summed E-state index contributed by atoms with van der Waals surface area (Å²) in [5.74, 6) is -4.22. The zero-order chi connectivity index (χ0) is 15.5. The smallest absolute Gasteiger partial charge is 0.469 e. The maximum atomic E-state index is 13.4. The summed E-state index contributed by atoms with van der Waals surface area (Å²) in [5, 5.41) is 0. The van der Waals surface area contributed by atoms with Gasteiger partial charge in [0.15, 0.2) is 0 Å². The SMILES string of the molecule is COC(=O)Cc1cc(F)c(C(F)F)c(OC(F)(F)F)n1. The number of pyridine rings is 1. The molecule has 0 N–H and O–H groups in total. The van der Waals surface area contributed by atoms with E-state index in [-0.39, 0.29) is 0 Å². The standard InChI is InChI=1S/C10H7F6NO3/c1-19-6(18)3-4-2-5(11)7(8(12)13)9(17-4)20-10(14,15)16/h2,8H,3H2,1H3. The van der Waals surface area contributed by atoms with E-state index in [0.717, 1.165) is 7.11 Å². The monoisotopic (exact) mass is 303 g/mol. The zero-order valence-electron chi connectivity index (χ0n) is 9.80. The molecule has 0 saturated carbocycles. The first kappa shape index (κ1) is 16.1. The quantitative estimate of drug-likeness (QED) is 0.634. The van der Waals surface area contributed by atoms with Crippen molar-refractivity contribution < 1.29 is 40.6 Å². The van der Waals surface area contributed by atoms with E-state index in [0.29, 0.717) is 6.07 Å². The molecule has 10 heteroatoms. The average molecular weight is 303 g/mol. The summed E-state index contributed by atoms with van der Waals surface area (Å²) in [7, 11) is 0.985. The predicted molar refractivity (Wildman–Crippen MR) is 51.6 cm³/mol. The van der Waals surface area contributed by atoms with Crippen LogP contribution in [0, 0.1) is 5.82 Å². The predicted octanol–water partition coefficient (Wildman–Crippen LogP) is 2.77. The van der Waals surface area contributed by atoms with Crippen LogP contribution in [0.2, 0.25) is 0 Å². The van der Waals surface area contributed by atoms with Crippen molar-refractivity contribution in [2.24, 2.45) is 0 Å². The van der Waals surface area contributed by atoms with Gasteiger partial charge in [-0.2, -0.15) is 0 Å². The highest BCUT2D eigenvalue weighted by atomic mass is 19.4. The van der Waals surface area contributed by atoms with Gasteiger partial charge >= 0.3 is 12.3 Å². The van der Waals surface area contributed by atoms with E-state index in [1.807, 2.05) is 0 Å². The van der Waals surface area contributed by atoms with Gasteiger partial charge in [0.2, 0.25) is 5.88 Å². The number of carbonyl (C=O) groups excluding carboxylic acids is 1. The van der Waals surface area contributed by atoms with Crippen LogP contribution in [0.5, 0.6) is 5.88 Å². The number of hydrogen-bond donors (Lipinski definition) is 0. The van der Waals surface area contributed by atoms with Crippen molar-refractivity contribution in [3.63, 3.8) is 0 Å². The molecule has 0 aliphatic heterocycles. The number of esters is 1. The lowest BCUT2D eigenvalue weighted by atomic mass is 10.2. The van der Waals surface area contributed by atoms with Crippen molar-refractivity contribution in [3.8, 4) is 5.88 Å². The molecule has 0 spiro atoms. The molecule has 1 heterocycles. The Morgan fingerprint density at radius 1 is 1.40 bits per heavy atom. The van der Waals surface area contributed by atoms with Crippen LogP contribution in [0.4, 0.5) is 26.3 Å². The van der Waals surface area contributed by atoms with Gasteiger partial charge in [0, 0.05) is 0 Å². The van der Waals surface area contributed by atoms with E-state index in [2.05, 4.69) is 14.5 Å². The van der Waals surface area contributed by atoms with Gasteiger partial charge in [0.05, 0.1) is 19.2 Å². The molecule has 0 bridgehead atoms. The number of nitrogens with zero attached hydrogens (tertiary/aromatic N) is 1. The highest BCUT2D eigenvalue weighted by Crippen LogP contribution is 2.33. The third kappa shape index (κ3) is 4.28. The largest absolute Gasteiger partial charge is 0.574 e. The second-order valence-electron chi connectivity index (χ2n) is 3.42. The molecule has 20 heavy (non-hydrogen) atoms. The lowest BCUT2D eigenvalue weighted by Gasteiger charge is -2.13. The third-order valence-corrected chi connectivity index (χ3v) is 2.01. The summed E-state index contributed by atoms with van der Waals surface area (Å²) >= 11 is 0. The van der Waals surface area contributed by atoms with Crippen LogP contribution in [-0.4, -0.2) is 24.4 Å². The minimum Gasteiger partial charge on any atom is -0.469 e. The first-order valence-electron chi connectivity index (χ1n) is 4.94. The molecule has 0 aliphatic rings. The zero-order valence-corrected chi connectivity index (χ0v) is 9.80. The number of ether oxygens (including phenoxy) is 2. The van der Waals surface area contributed by atoms with Gasteiger partial charge in [-0.3, -0.25) is 4.79 Å². The lowest BCUT2D eigenvalue weighted by Crippen LogP contribution is -2.20. The van der Waals surface area contributed by atoms with Gasteiger partial charge < -0.3 is 9.47 Å². The van der Waals surface area contributed by atoms with Gasteiger partial charge in [-0.25, -0.2) is 18.2 Å². The lowest BCUT2D eigenvalue weighted by molar-refractivity contribution is -0.276. The van der Waals surface area contributed by atoms with Gasteiger partial charge in [0.25, 0.3) is 6.43 Å². The number of hydrogen-bond acceptors (Lipinski definition) is 4. The maximum Gasteiger partial charge on any atom is 0.574 e. The Morgan fingerprint density at radius 3 is 2.45 bits per heavy atom. The van der Waals surface area contributed by atoms with E-state index in [9.17, 15) is 31.1 Å². The van der Waals surface area contributed by atoms with Crippen molar-refractivity contribution >= 4 is 5.97 Å². The Bertz CT molecular complexity index is 503. The molecular weight excluding hydrogens is 296 g/mol. The third-order valence-electron chi connectivity index (χ3n) is 2.01. The molecule has 0 amide bonds. The molecule has 1 rings (SSSR count). The highest BCUT2D eigenvalue weighted by Gasteiger charge is 2.35. The van der Waals surface area contributed by atoms with Crippen LogP contribution >= 0.6 is 0 Å². The molecule has 0 aromatic carbocycles. The normalized spacial score (nSPS) is 11.6. The van der Waals surface area contributed by atoms with Crippen LogP contribution in [0.3, 0.4) is 0 Å². The van der Waals surface area contributed by atoms with Gasteiger partial charge in [-0.05, 0) is 6.07 Å². The molecule has 0 fully saturated rings. The fraction of sp³-hybridized carbons (Fsp3) is 0.400. The molecule has 1 aromatic heterocycles. The van der Waals surface area contributed by atoms with E-state index in [4.69, 9.17) is 0 Å². The molecular formula is C10H7F6NO3. The van der Waals surface area contributed by atoms with E-state index in [1.54, 1.807) is 0 Å². The summed E-state index contributed by atoms with van der Waals surface area (Å²) < 4.78 is 82.0. The van der Waals surface area contributed by atoms with Crippen LogP contribution in [-0.2, 0) is 16.0 Å². The first-order chi connectivity index (χ1) is 9.14. The van der Waals surface area contributed by atoms with Crippen molar-refractivity contribution in [1.29, 1.82) is 0 Å². The van der Waals surface area contributed by atoms with E-state index >= 15 is 0 Å². The van der Waals surface area contributed by atoms with E-state index < -0.39 is 48.1 Å². The number of rotatable bonds is 4. The van der Waals surface area contributed by atoms with E-state index in [1.165, 1.54) is 0 Å². The minimum absolute atomic E-state index is 0.418. The molecule has 0 unspecified atom stereocenters. The van der Waals surface area contributed by atoms with Gasteiger partial charge in [-0.15, -0.1) is 13.2 Å². The fourth-order valence-corrected chi connectivity index (χ4v) is 1.24. The van der Waals surface area contributed by atoms with Crippen molar-refractivity contribution in [2.75, 3.05) is 7.11 Å². The fourth-order valence-electron chi connectivity index (χ4n) is 1.24. The number of halogens is 6. The van der Waals surface area contributed by atoms with Crippen LogP contribution in [0.15, 0.2) is 6.07 Å². The van der Waals surface area contributed by atoms with Crippen LogP contribution in [0.25, 0.3) is 0 Å². The molecule has 0 radical (unpaired) electrons. The topological polar surface area (TPSA) is 48.4 Å². The number of methoxy groups -OCH3 is 1. The van der Waals surface area contributed by atoms with Crippen molar-refractivity contribution in [1.82, 2.24) is 4.98 Å². The molecule has 112 valence electrons. The highest BCUT2D eigenvalue weighted by molar-refractivity contribution is 5.71. The second kappa shape index (κ2) is 5.97. The number of alkyl halides is 5. The van der Waals surface area contributed by atoms with Crippen LogP contribution in [0.1, 0.15) is 17.7 Å². The molecule has 0 saturated heterocycles. The Labute approximate surface area is 108 Å². The molecule has 1 aromatic rings. The number of aromatic nitrogens is 1. The summed E-state index contributed by atoms with van der Waals surface area (Å²) in [4.78, 5) is 14.0. The Morgan fingerprint density at radius 2 is 2.00 bits per heavy atom. The molecule has 4 nitrogen and oxygen atoms in total. The number of carbonyl (C=O) groups is 1. The molecule has 0 atom stereocenters. The van der Waals surface area contributed by atoms with Crippen LogP contribution < -0.4 is 4.74 Å². The Kier molecular flexibility index (Phi) is 4.79. The van der Waals surface area contributed by atoms with Gasteiger partial charge in [0.1, 0.15) is 11.4 Å².